The van der Waals surface area contributed by atoms with Crippen molar-refractivity contribution in [3.8, 4) is 0 Å². The van der Waals surface area contributed by atoms with Crippen LogP contribution in [0.4, 0.5) is 0 Å². The van der Waals surface area contributed by atoms with E-state index < -0.39 is 0 Å². The minimum Gasteiger partial charge on any atom is -0.302 e. The number of carbonyl (C=O) groups excluding carboxylic acids is 1. The number of piperidine rings is 1. The molecular weight excluding hydrogens is 174 g/mol. The number of likely N-dealkylation sites (tertiary alicyclic amines) is 1. The van der Waals surface area contributed by atoms with E-state index in [0.717, 1.165) is 25.4 Å². The van der Waals surface area contributed by atoms with Crippen molar-refractivity contribution in [3.63, 3.8) is 0 Å². The highest BCUT2D eigenvalue weighted by molar-refractivity contribution is 5.81. The Morgan fingerprint density at radius 1 is 1.43 bits per heavy atom. The molecule has 0 aromatic heterocycles. The van der Waals surface area contributed by atoms with Crippen LogP contribution in [0.2, 0.25) is 0 Å². The van der Waals surface area contributed by atoms with Crippen molar-refractivity contribution >= 4 is 5.78 Å². The van der Waals surface area contributed by atoms with E-state index in [2.05, 4.69) is 11.8 Å². The van der Waals surface area contributed by atoms with E-state index >= 15 is 0 Å². The molecule has 0 bridgehead atoms. The van der Waals surface area contributed by atoms with Gasteiger partial charge in [-0.15, -0.1) is 0 Å². The van der Waals surface area contributed by atoms with Crippen molar-refractivity contribution in [1.82, 2.24) is 4.90 Å². The van der Waals surface area contributed by atoms with E-state index in [1.807, 2.05) is 0 Å². The molecule has 0 N–H and O–H groups in total. The minimum absolute atomic E-state index is 0.283. The molecule has 2 heteroatoms. The number of Topliss-reactive ketones (excluding diaryl/α,β-unsaturated/α-hetero) is 1. The fourth-order valence-corrected chi connectivity index (χ4v) is 2.44. The summed E-state index contributed by atoms with van der Waals surface area (Å²) in [5, 5.41) is 0. The second-order valence-electron chi connectivity index (χ2n) is 5.00. The van der Waals surface area contributed by atoms with Gasteiger partial charge in [-0.05, 0) is 18.9 Å². The number of hydrogen-bond donors (Lipinski definition) is 0. The average Bonchev–Trinajstić information content (AvgIpc) is 2.08. The molecule has 2 fully saturated rings. The third kappa shape index (κ3) is 2.35. The van der Waals surface area contributed by atoms with Crippen molar-refractivity contribution < 1.29 is 4.79 Å². The zero-order valence-electron chi connectivity index (χ0n) is 9.17. The Kier molecular flexibility index (Phi) is 3.22. The van der Waals surface area contributed by atoms with Gasteiger partial charge in [0.25, 0.3) is 0 Å². The lowest BCUT2D eigenvalue weighted by atomic mass is 9.83. The highest BCUT2D eigenvalue weighted by Gasteiger charge is 2.24. The van der Waals surface area contributed by atoms with Crippen molar-refractivity contribution in [2.24, 2.45) is 11.8 Å². The predicted octanol–water partition coefficient (Wildman–Crippen LogP) is 2.09. The van der Waals surface area contributed by atoms with Gasteiger partial charge in [-0.3, -0.25) is 4.79 Å². The van der Waals surface area contributed by atoms with Crippen LogP contribution in [-0.4, -0.2) is 30.3 Å². The quantitative estimate of drug-likeness (QED) is 0.687. The molecule has 2 nitrogen and oxygen atoms in total. The molecule has 1 saturated carbocycles. The summed E-state index contributed by atoms with van der Waals surface area (Å²) < 4.78 is 0. The summed E-state index contributed by atoms with van der Waals surface area (Å²) in [5.41, 5.74) is 0. The van der Waals surface area contributed by atoms with Gasteiger partial charge >= 0.3 is 0 Å². The summed E-state index contributed by atoms with van der Waals surface area (Å²) in [4.78, 5) is 13.8. The zero-order valence-corrected chi connectivity index (χ0v) is 9.17. The smallest absolute Gasteiger partial charge is 0.138 e. The number of carbonyl (C=O) groups is 1. The second-order valence-corrected chi connectivity index (χ2v) is 5.00. The molecule has 1 saturated heterocycles. The van der Waals surface area contributed by atoms with Gasteiger partial charge in [0.1, 0.15) is 5.78 Å². The maximum Gasteiger partial charge on any atom is 0.138 e. The van der Waals surface area contributed by atoms with E-state index in [0.29, 0.717) is 5.78 Å². The van der Waals surface area contributed by atoms with Gasteiger partial charge in [0.2, 0.25) is 0 Å². The summed E-state index contributed by atoms with van der Waals surface area (Å²) in [6.45, 7) is 5.31. The van der Waals surface area contributed by atoms with E-state index in [1.54, 1.807) is 0 Å². The fourth-order valence-electron chi connectivity index (χ4n) is 2.44. The molecule has 1 aliphatic heterocycles. The summed E-state index contributed by atoms with van der Waals surface area (Å²) in [7, 11) is 0. The first-order valence-electron chi connectivity index (χ1n) is 6.01. The standard InChI is InChI=1S/C12H21NO/c1-10-9-13(8-6-12(10)14)7-5-11-3-2-4-11/h10-11H,2-9H2,1H3. The lowest BCUT2D eigenvalue weighted by Crippen LogP contribution is -2.40. The molecule has 2 rings (SSSR count). The molecule has 1 aliphatic carbocycles. The molecule has 0 radical (unpaired) electrons. The first-order valence-corrected chi connectivity index (χ1v) is 6.01. The summed E-state index contributed by atoms with van der Waals surface area (Å²) in [6.07, 6.45) is 6.48. The Morgan fingerprint density at radius 2 is 2.21 bits per heavy atom. The lowest BCUT2D eigenvalue weighted by Gasteiger charge is -2.33. The molecule has 0 aromatic carbocycles. The third-order valence-electron chi connectivity index (χ3n) is 3.83. The normalized spacial score (nSPS) is 30.4. The molecule has 0 spiro atoms. The van der Waals surface area contributed by atoms with E-state index in [-0.39, 0.29) is 5.92 Å². The van der Waals surface area contributed by atoms with Gasteiger partial charge in [-0.25, -0.2) is 0 Å². The summed E-state index contributed by atoms with van der Waals surface area (Å²) in [5.74, 6) is 1.75. The van der Waals surface area contributed by atoms with Crippen molar-refractivity contribution in [2.45, 2.75) is 39.0 Å². The molecule has 0 amide bonds. The van der Waals surface area contributed by atoms with Crippen molar-refractivity contribution in [1.29, 1.82) is 0 Å². The Bertz CT molecular complexity index is 210. The Morgan fingerprint density at radius 3 is 2.79 bits per heavy atom. The van der Waals surface area contributed by atoms with E-state index in [4.69, 9.17) is 0 Å². The van der Waals surface area contributed by atoms with Crippen LogP contribution >= 0.6 is 0 Å². The average molecular weight is 195 g/mol. The molecule has 1 atom stereocenters. The van der Waals surface area contributed by atoms with Crippen LogP contribution in [0.5, 0.6) is 0 Å². The van der Waals surface area contributed by atoms with Gasteiger partial charge < -0.3 is 4.90 Å². The van der Waals surface area contributed by atoms with Crippen LogP contribution in [0.1, 0.15) is 39.0 Å². The van der Waals surface area contributed by atoms with Crippen molar-refractivity contribution in [2.75, 3.05) is 19.6 Å². The second kappa shape index (κ2) is 4.43. The minimum atomic E-state index is 0.283. The summed E-state index contributed by atoms with van der Waals surface area (Å²) in [6, 6.07) is 0. The van der Waals surface area contributed by atoms with Gasteiger partial charge in [0, 0.05) is 25.4 Å². The first kappa shape index (κ1) is 10.2. The maximum atomic E-state index is 11.3. The van der Waals surface area contributed by atoms with Crippen LogP contribution in [0, 0.1) is 11.8 Å². The van der Waals surface area contributed by atoms with Crippen LogP contribution in [0.3, 0.4) is 0 Å². The van der Waals surface area contributed by atoms with Gasteiger partial charge in [0.05, 0.1) is 0 Å². The zero-order chi connectivity index (χ0) is 9.97. The first-order chi connectivity index (χ1) is 6.75. The molecule has 0 aromatic rings. The number of ketones is 1. The monoisotopic (exact) mass is 195 g/mol. The molecule has 1 unspecified atom stereocenters. The van der Waals surface area contributed by atoms with Crippen LogP contribution in [0.25, 0.3) is 0 Å². The van der Waals surface area contributed by atoms with Gasteiger partial charge in [-0.2, -0.15) is 0 Å². The molecule has 80 valence electrons. The topological polar surface area (TPSA) is 20.3 Å². The molecule has 1 heterocycles. The van der Waals surface area contributed by atoms with Crippen LogP contribution in [0.15, 0.2) is 0 Å². The lowest BCUT2D eigenvalue weighted by molar-refractivity contribution is -0.125. The van der Waals surface area contributed by atoms with Gasteiger partial charge in [0.15, 0.2) is 0 Å². The molecule has 2 aliphatic rings. The van der Waals surface area contributed by atoms with E-state index in [9.17, 15) is 4.79 Å². The maximum absolute atomic E-state index is 11.3. The SMILES string of the molecule is CC1CN(CCC2CCC2)CCC1=O. The number of rotatable bonds is 3. The van der Waals surface area contributed by atoms with Crippen molar-refractivity contribution in [3.05, 3.63) is 0 Å². The Balaban J connectivity index is 1.68. The van der Waals surface area contributed by atoms with E-state index in [1.165, 1.54) is 32.2 Å². The Labute approximate surface area is 86.7 Å². The molecular formula is C12H21NO. The highest BCUT2D eigenvalue weighted by Crippen LogP contribution is 2.29. The Hall–Kier alpha value is -0.370. The summed E-state index contributed by atoms with van der Waals surface area (Å²) >= 11 is 0. The van der Waals surface area contributed by atoms with Crippen LogP contribution in [-0.2, 0) is 4.79 Å². The third-order valence-corrected chi connectivity index (χ3v) is 3.83. The fraction of sp³-hybridized carbons (Fsp3) is 0.917. The van der Waals surface area contributed by atoms with Crippen LogP contribution < -0.4 is 0 Å². The highest BCUT2D eigenvalue weighted by atomic mass is 16.1. The largest absolute Gasteiger partial charge is 0.302 e. The molecule has 14 heavy (non-hydrogen) atoms. The predicted molar refractivity (Wildman–Crippen MR) is 57.2 cm³/mol. The number of nitrogens with zero attached hydrogens (tertiary/aromatic N) is 1. The number of hydrogen-bond acceptors (Lipinski definition) is 2. The van der Waals surface area contributed by atoms with Gasteiger partial charge in [-0.1, -0.05) is 26.2 Å².